The van der Waals surface area contributed by atoms with E-state index in [0.717, 1.165) is 5.39 Å². The van der Waals surface area contributed by atoms with Crippen LogP contribution in [-0.2, 0) is 9.53 Å². The number of hydrogen-bond donors (Lipinski definition) is 1. The van der Waals surface area contributed by atoms with Gasteiger partial charge in [0.1, 0.15) is 5.58 Å². The Morgan fingerprint density at radius 2 is 2.05 bits per heavy atom. The molecule has 5 nitrogen and oxygen atoms in total. The minimum Gasteiger partial charge on any atom is -0.460 e. The van der Waals surface area contributed by atoms with E-state index in [0.29, 0.717) is 23.3 Å². The van der Waals surface area contributed by atoms with Crippen molar-refractivity contribution in [2.75, 3.05) is 11.9 Å². The normalized spacial score (nSPS) is 10.6. The number of aryl methyl sites for hydroxylation is 1. The third kappa shape index (κ3) is 2.52. The summed E-state index contributed by atoms with van der Waals surface area (Å²) in [4.78, 5) is 23.4. The van der Waals surface area contributed by atoms with E-state index in [2.05, 4.69) is 5.32 Å². The quantitative estimate of drug-likeness (QED) is 0.869. The highest BCUT2D eigenvalue weighted by Gasteiger charge is 2.20. The first-order valence-electron chi connectivity index (χ1n) is 6.57. The topological polar surface area (TPSA) is 68.5 Å². The monoisotopic (exact) mass is 275 g/mol. The Morgan fingerprint density at radius 1 is 1.30 bits per heavy atom. The summed E-state index contributed by atoms with van der Waals surface area (Å²) >= 11 is 0. The average molecular weight is 275 g/mol. The lowest BCUT2D eigenvalue weighted by Gasteiger charge is -2.05. The van der Waals surface area contributed by atoms with Crippen LogP contribution >= 0.6 is 0 Å². The number of furan rings is 1. The summed E-state index contributed by atoms with van der Waals surface area (Å²) in [6, 6.07) is 5.31. The molecular weight excluding hydrogens is 258 g/mol. The molecule has 0 unspecified atom stereocenters. The maximum Gasteiger partial charge on any atom is 0.374 e. The Bertz CT molecular complexity index is 657. The van der Waals surface area contributed by atoms with Gasteiger partial charge in [-0.05, 0) is 26.0 Å². The van der Waals surface area contributed by atoms with Crippen molar-refractivity contribution in [3.63, 3.8) is 0 Å². The minimum atomic E-state index is -0.492. The maximum absolute atomic E-state index is 11.8. The molecule has 1 heterocycles. The molecule has 0 saturated carbocycles. The van der Waals surface area contributed by atoms with Gasteiger partial charge >= 0.3 is 5.97 Å². The number of nitrogens with one attached hydrogen (secondary N) is 1. The van der Waals surface area contributed by atoms with E-state index in [1.807, 2.05) is 0 Å². The zero-order valence-electron chi connectivity index (χ0n) is 11.8. The van der Waals surface area contributed by atoms with Crippen molar-refractivity contribution in [2.45, 2.75) is 27.2 Å². The zero-order chi connectivity index (χ0) is 14.7. The van der Waals surface area contributed by atoms with Gasteiger partial charge in [0, 0.05) is 17.4 Å². The van der Waals surface area contributed by atoms with Crippen LogP contribution in [0.3, 0.4) is 0 Å². The lowest BCUT2D eigenvalue weighted by Crippen LogP contribution is -2.09. The number of anilines is 1. The van der Waals surface area contributed by atoms with E-state index in [9.17, 15) is 9.59 Å². The number of rotatable bonds is 4. The van der Waals surface area contributed by atoms with Crippen molar-refractivity contribution < 1.29 is 18.7 Å². The third-order valence-corrected chi connectivity index (χ3v) is 3.01. The van der Waals surface area contributed by atoms with E-state index in [-0.39, 0.29) is 18.3 Å². The highest BCUT2D eigenvalue weighted by molar-refractivity contribution is 6.05. The van der Waals surface area contributed by atoms with Crippen molar-refractivity contribution in [1.29, 1.82) is 0 Å². The summed E-state index contributed by atoms with van der Waals surface area (Å²) in [5.74, 6) is -0.398. The van der Waals surface area contributed by atoms with Crippen LogP contribution < -0.4 is 5.32 Å². The predicted molar refractivity (Wildman–Crippen MR) is 75.8 cm³/mol. The molecule has 20 heavy (non-hydrogen) atoms. The molecule has 0 spiro atoms. The molecule has 2 aromatic rings. The van der Waals surface area contributed by atoms with Gasteiger partial charge in [-0.1, -0.05) is 13.0 Å². The number of ether oxygens (including phenoxy) is 1. The zero-order valence-corrected chi connectivity index (χ0v) is 11.8. The largest absolute Gasteiger partial charge is 0.460 e. The first kappa shape index (κ1) is 14.1. The highest BCUT2D eigenvalue weighted by Crippen LogP contribution is 2.32. The number of carbonyl (C=O) groups is 2. The number of hydrogen-bond acceptors (Lipinski definition) is 4. The standard InChI is InChI=1S/C15H17NO4/c1-4-12(17)16-10-7-6-8-11-13(10)9(3)14(20-11)15(18)19-5-2/h6-8H,4-5H2,1-3H3,(H,16,17). The second-order valence-corrected chi connectivity index (χ2v) is 4.36. The summed E-state index contributed by atoms with van der Waals surface area (Å²) in [6.45, 7) is 5.58. The summed E-state index contributed by atoms with van der Waals surface area (Å²) < 4.78 is 10.5. The fourth-order valence-electron chi connectivity index (χ4n) is 2.04. The number of esters is 1. The first-order valence-corrected chi connectivity index (χ1v) is 6.57. The van der Waals surface area contributed by atoms with Gasteiger partial charge in [-0.3, -0.25) is 4.79 Å². The molecule has 2 rings (SSSR count). The smallest absolute Gasteiger partial charge is 0.374 e. The SMILES string of the molecule is CCOC(=O)c1oc2cccc(NC(=O)CC)c2c1C. The van der Waals surface area contributed by atoms with Gasteiger partial charge in [-0.25, -0.2) is 4.79 Å². The molecule has 0 saturated heterocycles. The van der Waals surface area contributed by atoms with Gasteiger partial charge in [-0.2, -0.15) is 0 Å². The lowest BCUT2D eigenvalue weighted by atomic mass is 10.1. The van der Waals surface area contributed by atoms with E-state index in [1.165, 1.54) is 0 Å². The number of amides is 1. The van der Waals surface area contributed by atoms with Crippen LogP contribution in [0.25, 0.3) is 11.0 Å². The van der Waals surface area contributed by atoms with Crippen molar-refractivity contribution >= 4 is 28.5 Å². The van der Waals surface area contributed by atoms with Crippen molar-refractivity contribution in [3.8, 4) is 0 Å². The van der Waals surface area contributed by atoms with Crippen LogP contribution in [0, 0.1) is 6.92 Å². The fraction of sp³-hybridized carbons (Fsp3) is 0.333. The summed E-state index contributed by atoms with van der Waals surface area (Å²) in [7, 11) is 0. The molecular formula is C15H17NO4. The second kappa shape index (κ2) is 5.77. The molecule has 106 valence electrons. The molecule has 1 aromatic carbocycles. The first-order chi connectivity index (χ1) is 9.58. The molecule has 5 heteroatoms. The van der Waals surface area contributed by atoms with Gasteiger partial charge in [0.05, 0.1) is 12.3 Å². The summed E-state index contributed by atoms with van der Waals surface area (Å²) in [5, 5.41) is 3.54. The van der Waals surface area contributed by atoms with Crippen LogP contribution in [0.1, 0.15) is 36.4 Å². The molecule has 0 aliphatic carbocycles. The molecule has 0 atom stereocenters. The highest BCUT2D eigenvalue weighted by atomic mass is 16.5. The van der Waals surface area contributed by atoms with Gasteiger partial charge in [0.25, 0.3) is 0 Å². The summed E-state index contributed by atoms with van der Waals surface area (Å²) in [5.41, 5.74) is 1.87. The van der Waals surface area contributed by atoms with E-state index < -0.39 is 5.97 Å². The molecule has 0 aliphatic heterocycles. The Balaban J connectivity index is 2.51. The Morgan fingerprint density at radius 3 is 2.70 bits per heavy atom. The van der Waals surface area contributed by atoms with Crippen LogP contribution in [0.5, 0.6) is 0 Å². The van der Waals surface area contributed by atoms with E-state index in [4.69, 9.17) is 9.15 Å². The van der Waals surface area contributed by atoms with Crippen molar-refractivity contribution in [2.24, 2.45) is 0 Å². The van der Waals surface area contributed by atoms with E-state index in [1.54, 1.807) is 39.0 Å². The molecule has 0 bridgehead atoms. The number of carbonyl (C=O) groups excluding carboxylic acids is 2. The van der Waals surface area contributed by atoms with Crippen LogP contribution in [0.15, 0.2) is 22.6 Å². The minimum absolute atomic E-state index is 0.0872. The molecule has 1 aromatic heterocycles. The van der Waals surface area contributed by atoms with Gasteiger partial charge < -0.3 is 14.5 Å². The molecule has 0 radical (unpaired) electrons. The summed E-state index contributed by atoms with van der Waals surface area (Å²) in [6.07, 6.45) is 0.387. The van der Waals surface area contributed by atoms with Gasteiger partial charge in [0.2, 0.25) is 11.7 Å². The molecule has 0 fully saturated rings. The average Bonchev–Trinajstić information content (AvgIpc) is 2.77. The second-order valence-electron chi connectivity index (χ2n) is 4.36. The molecule has 1 N–H and O–H groups in total. The number of benzene rings is 1. The predicted octanol–water partition coefficient (Wildman–Crippen LogP) is 3.27. The van der Waals surface area contributed by atoms with Crippen molar-refractivity contribution in [1.82, 2.24) is 0 Å². The third-order valence-electron chi connectivity index (χ3n) is 3.01. The van der Waals surface area contributed by atoms with E-state index >= 15 is 0 Å². The van der Waals surface area contributed by atoms with Crippen LogP contribution in [0.2, 0.25) is 0 Å². The molecule has 1 amide bonds. The Labute approximate surface area is 116 Å². The van der Waals surface area contributed by atoms with Gasteiger partial charge in [0.15, 0.2) is 0 Å². The Hall–Kier alpha value is -2.30. The molecule has 0 aliphatic rings. The lowest BCUT2D eigenvalue weighted by molar-refractivity contribution is -0.115. The van der Waals surface area contributed by atoms with Crippen LogP contribution in [-0.4, -0.2) is 18.5 Å². The maximum atomic E-state index is 11.8. The fourth-order valence-corrected chi connectivity index (χ4v) is 2.04. The van der Waals surface area contributed by atoms with Gasteiger partial charge in [-0.15, -0.1) is 0 Å². The number of fused-ring (bicyclic) bond motifs is 1. The van der Waals surface area contributed by atoms with Crippen LogP contribution in [0.4, 0.5) is 5.69 Å². The Kier molecular flexibility index (Phi) is 4.08. The van der Waals surface area contributed by atoms with Crippen molar-refractivity contribution in [3.05, 3.63) is 29.5 Å².